The Hall–Kier alpha value is -1.79. The summed E-state index contributed by atoms with van der Waals surface area (Å²) in [6, 6.07) is 7.87. The van der Waals surface area contributed by atoms with Gasteiger partial charge >= 0.3 is 0 Å². The summed E-state index contributed by atoms with van der Waals surface area (Å²) in [7, 11) is 0. The van der Waals surface area contributed by atoms with Gasteiger partial charge in [-0.1, -0.05) is 37.3 Å². The minimum absolute atomic E-state index is 0.0856. The minimum atomic E-state index is 0.0856. The fourth-order valence-corrected chi connectivity index (χ4v) is 2.83. The van der Waals surface area contributed by atoms with Gasteiger partial charge in [0.15, 0.2) is 0 Å². The van der Waals surface area contributed by atoms with Crippen LogP contribution in [0.3, 0.4) is 0 Å². The molecule has 1 aromatic rings. The van der Waals surface area contributed by atoms with E-state index in [-0.39, 0.29) is 18.4 Å². The van der Waals surface area contributed by atoms with Gasteiger partial charge in [-0.15, -0.1) is 0 Å². The third-order valence-corrected chi connectivity index (χ3v) is 4.06. The van der Waals surface area contributed by atoms with Gasteiger partial charge in [0, 0.05) is 24.4 Å². The monoisotopic (exact) mass is 285 g/mol. The summed E-state index contributed by atoms with van der Waals surface area (Å²) in [5, 5.41) is 11.8. The predicted octanol–water partition coefficient (Wildman–Crippen LogP) is 2.47. The number of carbonyl (C=O) groups excluding carboxylic acids is 1. The molecule has 2 atom stereocenters. The van der Waals surface area contributed by atoms with Crippen molar-refractivity contribution in [1.29, 1.82) is 0 Å². The molecule has 1 fully saturated rings. The normalized spacial score (nSPS) is 20.7. The van der Waals surface area contributed by atoms with E-state index in [1.807, 2.05) is 24.3 Å². The molecule has 0 aromatic heterocycles. The van der Waals surface area contributed by atoms with Gasteiger partial charge in [-0.25, -0.2) is 0 Å². The van der Waals surface area contributed by atoms with E-state index in [9.17, 15) is 4.79 Å². The summed E-state index contributed by atoms with van der Waals surface area (Å²) < 4.78 is 0. The van der Waals surface area contributed by atoms with Crippen LogP contribution in [0.2, 0.25) is 0 Å². The van der Waals surface area contributed by atoms with Gasteiger partial charge in [-0.2, -0.15) is 0 Å². The number of hydrogen-bond donors (Lipinski definition) is 2. The number of hydrogen-bond acceptors (Lipinski definition) is 2. The molecule has 1 aliphatic rings. The first-order chi connectivity index (χ1) is 10.2. The van der Waals surface area contributed by atoms with Gasteiger partial charge < -0.3 is 10.4 Å². The average Bonchev–Trinajstić information content (AvgIpc) is 2.92. The second-order valence-electron chi connectivity index (χ2n) is 5.71. The Morgan fingerprint density at radius 1 is 1.43 bits per heavy atom. The van der Waals surface area contributed by atoms with E-state index in [0.717, 1.165) is 30.4 Å². The van der Waals surface area contributed by atoms with Crippen molar-refractivity contribution in [1.82, 2.24) is 5.32 Å². The van der Waals surface area contributed by atoms with Gasteiger partial charge in [0.25, 0.3) is 0 Å². The van der Waals surface area contributed by atoms with Crippen molar-refractivity contribution < 1.29 is 9.90 Å². The van der Waals surface area contributed by atoms with E-state index in [2.05, 4.69) is 24.1 Å². The van der Waals surface area contributed by atoms with Crippen LogP contribution in [0.1, 0.15) is 43.7 Å². The van der Waals surface area contributed by atoms with E-state index in [1.165, 1.54) is 0 Å². The van der Waals surface area contributed by atoms with E-state index >= 15 is 0 Å². The highest BCUT2D eigenvalue weighted by atomic mass is 16.2. The molecule has 0 spiro atoms. The number of carbonyl (C=O) groups is 1. The Balaban J connectivity index is 1.90. The second kappa shape index (κ2) is 7.85. The molecule has 3 nitrogen and oxygen atoms in total. The summed E-state index contributed by atoms with van der Waals surface area (Å²) >= 11 is 0. The molecule has 1 amide bonds. The number of aliphatic hydroxyl groups is 1. The van der Waals surface area contributed by atoms with Crippen molar-refractivity contribution in [3.63, 3.8) is 0 Å². The minimum Gasteiger partial charge on any atom is -0.395 e. The molecule has 0 heterocycles. The Bertz CT molecular complexity index is 542. The lowest BCUT2D eigenvalue weighted by molar-refractivity contribution is -0.126. The summed E-state index contributed by atoms with van der Waals surface area (Å²) in [6.07, 6.45) is 3.82. The number of amides is 1. The van der Waals surface area contributed by atoms with Crippen LogP contribution in [0, 0.1) is 23.7 Å². The Labute approximate surface area is 126 Å². The van der Waals surface area contributed by atoms with Crippen LogP contribution < -0.4 is 5.32 Å². The molecule has 0 aliphatic heterocycles. The summed E-state index contributed by atoms with van der Waals surface area (Å²) in [5.41, 5.74) is 1.98. The van der Waals surface area contributed by atoms with E-state index in [1.54, 1.807) is 0 Å². The standard InChI is InChI=1S/C18H23NO2/c1-14-6-4-10-17(14)18(21)19-13-16-9-5-8-15(12-16)7-2-3-11-20/h5,8-9,12,14,17,20H,3-4,6,10-11,13H2,1H3,(H,19,21). The zero-order valence-electron chi connectivity index (χ0n) is 12.6. The first kappa shape index (κ1) is 15.6. The fourth-order valence-electron chi connectivity index (χ4n) is 2.83. The Morgan fingerprint density at radius 2 is 2.29 bits per heavy atom. The van der Waals surface area contributed by atoms with Crippen molar-refractivity contribution >= 4 is 5.91 Å². The molecule has 0 bridgehead atoms. The van der Waals surface area contributed by atoms with Crippen LogP contribution >= 0.6 is 0 Å². The average molecular weight is 285 g/mol. The highest BCUT2D eigenvalue weighted by Gasteiger charge is 2.29. The lowest BCUT2D eigenvalue weighted by atomic mass is 9.97. The fraction of sp³-hybridized carbons (Fsp3) is 0.500. The zero-order valence-corrected chi connectivity index (χ0v) is 12.6. The van der Waals surface area contributed by atoms with Crippen LogP contribution in [0.5, 0.6) is 0 Å². The number of benzene rings is 1. The molecular weight excluding hydrogens is 262 g/mol. The molecule has 0 saturated heterocycles. The molecule has 1 aliphatic carbocycles. The van der Waals surface area contributed by atoms with Gasteiger partial charge in [-0.3, -0.25) is 4.79 Å². The van der Waals surface area contributed by atoms with Gasteiger partial charge in [-0.05, 0) is 36.5 Å². The molecular formula is C18H23NO2. The quantitative estimate of drug-likeness (QED) is 0.835. The molecule has 1 aromatic carbocycles. The second-order valence-corrected chi connectivity index (χ2v) is 5.71. The number of rotatable bonds is 4. The highest BCUT2D eigenvalue weighted by molar-refractivity contribution is 5.79. The van der Waals surface area contributed by atoms with Crippen molar-refractivity contribution in [3.8, 4) is 11.8 Å². The highest BCUT2D eigenvalue weighted by Crippen LogP contribution is 2.31. The van der Waals surface area contributed by atoms with Gasteiger partial charge in [0.1, 0.15) is 0 Å². The largest absolute Gasteiger partial charge is 0.395 e. The van der Waals surface area contributed by atoms with Gasteiger partial charge in [0.05, 0.1) is 6.61 Å². The lowest BCUT2D eigenvalue weighted by Gasteiger charge is -2.15. The maximum atomic E-state index is 12.2. The predicted molar refractivity (Wildman–Crippen MR) is 83.4 cm³/mol. The third-order valence-electron chi connectivity index (χ3n) is 4.06. The molecule has 2 N–H and O–H groups in total. The Morgan fingerprint density at radius 3 is 3.00 bits per heavy atom. The first-order valence-corrected chi connectivity index (χ1v) is 7.67. The van der Waals surface area contributed by atoms with Crippen molar-refractivity contribution in [2.24, 2.45) is 11.8 Å². The number of nitrogens with one attached hydrogen (secondary N) is 1. The summed E-state index contributed by atoms with van der Waals surface area (Å²) in [5.74, 6) is 6.78. The first-order valence-electron chi connectivity index (χ1n) is 7.67. The molecule has 1 saturated carbocycles. The van der Waals surface area contributed by atoms with Crippen molar-refractivity contribution in [2.45, 2.75) is 39.2 Å². The lowest BCUT2D eigenvalue weighted by Crippen LogP contribution is -2.31. The summed E-state index contributed by atoms with van der Waals surface area (Å²) in [6.45, 7) is 2.80. The molecule has 3 heteroatoms. The van der Waals surface area contributed by atoms with Crippen LogP contribution in [0.25, 0.3) is 0 Å². The molecule has 2 rings (SSSR count). The maximum Gasteiger partial charge on any atom is 0.223 e. The molecule has 21 heavy (non-hydrogen) atoms. The smallest absolute Gasteiger partial charge is 0.223 e. The SMILES string of the molecule is CC1CCCC1C(=O)NCc1cccc(C#CCCO)c1. The summed E-state index contributed by atoms with van der Waals surface area (Å²) in [4.78, 5) is 12.2. The molecule has 2 unspecified atom stereocenters. The van der Waals surface area contributed by atoms with E-state index in [0.29, 0.717) is 18.9 Å². The topological polar surface area (TPSA) is 49.3 Å². The molecule has 0 radical (unpaired) electrons. The Kier molecular flexibility index (Phi) is 5.83. The molecule has 112 valence electrons. The van der Waals surface area contributed by atoms with E-state index in [4.69, 9.17) is 5.11 Å². The van der Waals surface area contributed by atoms with Crippen LogP contribution in [0.15, 0.2) is 24.3 Å². The van der Waals surface area contributed by atoms with Gasteiger partial charge in [0.2, 0.25) is 5.91 Å². The van der Waals surface area contributed by atoms with Crippen molar-refractivity contribution in [2.75, 3.05) is 6.61 Å². The third kappa shape index (κ3) is 4.61. The van der Waals surface area contributed by atoms with Crippen LogP contribution in [0.4, 0.5) is 0 Å². The van der Waals surface area contributed by atoms with Crippen molar-refractivity contribution in [3.05, 3.63) is 35.4 Å². The number of aliphatic hydroxyl groups excluding tert-OH is 1. The maximum absolute atomic E-state index is 12.2. The van der Waals surface area contributed by atoms with Crippen LogP contribution in [-0.4, -0.2) is 17.6 Å². The van der Waals surface area contributed by atoms with E-state index < -0.39 is 0 Å². The van der Waals surface area contributed by atoms with Crippen LogP contribution in [-0.2, 0) is 11.3 Å². The zero-order chi connectivity index (χ0) is 15.1.